The number of rotatable bonds is 7. The first kappa shape index (κ1) is 18.5. The number of aromatic nitrogens is 1. The van der Waals surface area contributed by atoms with Crippen LogP contribution in [-0.4, -0.2) is 17.5 Å². The molecular weight excluding hydrogens is 340 g/mol. The molecule has 0 N–H and O–H groups in total. The maximum absolute atomic E-state index is 12.4. The summed E-state index contributed by atoms with van der Waals surface area (Å²) in [5.74, 6) is 1.93. The monoisotopic (exact) mass is 362 g/mol. The fourth-order valence-corrected chi connectivity index (χ4v) is 2.75. The number of ether oxygens (including phenoxy) is 2. The third-order valence-corrected chi connectivity index (χ3v) is 4.00. The van der Waals surface area contributed by atoms with Crippen molar-refractivity contribution in [1.29, 1.82) is 0 Å². The van der Waals surface area contributed by atoms with E-state index in [1.807, 2.05) is 61.5 Å². The van der Waals surface area contributed by atoms with Crippen molar-refractivity contribution in [1.82, 2.24) is 4.98 Å². The summed E-state index contributed by atoms with van der Waals surface area (Å²) in [6.45, 7) is 4.39. The lowest BCUT2D eigenvalue weighted by Crippen LogP contribution is -2.28. The van der Waals surface area contributed by atoms with Crippen LogP contribution in [0.1, 0.15) is 19.4 Å². The Bertz CT molecular complexity index is 897. The third-order valence-electron chi connectivity index (χ3n) is 4.00. The predicted molar refractivity (Wildman–Crippen MR) is 105 cm³/mol. The normalized spacial score (nSPS) is 10.3. The van der Waals surface area contributed by atoms with Gasteiger partial charge in [0.2, 0.25) is 5.91 Å². The third kappa shape index (κ3) is 4.64. The van der Waals surface area contributed by atoms with Crippen LogP contribution in [0.5, 0.6) is 17.2 Å². The van der Waals surface area contributed by atoms with Crippen molar-refractivity contribution in [2.75, 3.05) is 11.5 Å². The Morgan fingerprint density at radius 3 is 2.48 bits per heavy atom. The Labute approximate surface area is 159 Å². The van der Waals surface area contributed by atoms with Crippen molar-refractivity contribution in [3.05, 3.63) is 78.6 Å². The molecule has 5 heteroatoms. The van der Waals surface area contributed by atoms with E-state index in [2.05, 4.69) is 4.98 Å². The minimum Gasteiger partial charge on any atom is -0.494 e. The quantitative estimate of drug-likeness (QED) is 0.604. The highest BCUT2D eigenvalue weighted by molar-refractivity contribution is 5.93. The van der Waals surface area contributed by atoms with Gasteiger partial charge in [-0.15, -0.1) is 0 Å². The van der Waals surface area contributed by atoms with E-state index in [1.54, 1.807) is 23.4 Å². The molecule has 5 nitrogen and oxygen atoms in total. The van der Waals surface area contributed by atoms with E-state index in [1.165, 1.54) is 6.92 Å². The van der Waals surface area contributed by atoms with Crippen LogP contribution in [0.3, 0.4) is 0 Å². The maximum Gasteiger partial charge on any atom is 0.224 e. The molecule has 0 bridgehead atoms. The molecule has 1 aromatic heterocycles. The van der Waals surface area contributed by atoms with Gasteiger partial charge in [-0.05, 0) is 25.1 Å². The van der Waals surface area contributed by atoms with Crippen molar-refractivity contribution in [2.45, 2.75) is 20.4 Å². The smallest absolute Gasteiger partial charge is 0.224 e. The van der Waals surface area contributed by atoms with E-state index in [-0.39, 0.29) is 5.91 Å². The van der Waals surface area contributed by atoms with E-state index >= 15 is 0 Å². The zero-order valence-corrected chi connectivity index (χ0v) is 15.5. The molecule has 138 valence electrons. The number of benzene rings is 2. The maximum atomic E-state index is 12.4. The van der Waals surface area contributed by atoms with Crippen LogP contribution in [0.2, 0.25) is 0 Å². The van der Waals surface area contributed by atoms with Gasteiger partial charge >= 0.3 is 0 Å². The summed E-state index contributed by atoms with van der Waals surface area (Å²) < 4.78 is 11.7. The predicted octanol–water partition coefficient (Wildman–Crippen LogP) is 4.83. The molecule has 3 aromatic rings. The zero-order chi connectivity index (χ0) is 19.1. The van der Waals surface area contributed by atoms with Crippen molar-refractivity contribution >= 4 is 11.6 Å². The van der Waals surface area contributed by atoms with Crippen molar-refractivity contribution in [2.24, 2.45) is 0 Å². The molecule has 3 rings (SSSR count). The molecule has 1 heterocycles. The van der Waals surface area contributed by atoms with Crippen LogP contribution in [-0.2, 0) is 11.3 Å². The van der Waals surface area contributed by atoms with Gasteiger partial charge in [0.1, 0.15) is 17.2 Å². The topological polar surface area (TPSA) is 51.7 Å². The second-order valence-electron chi connectivity index (χ2n) is 5.90. The SMILES string of the molecule is CCOc1ccccc1CN(C(C)=O)c1cnccc1Oc1ccccc1. The van der Waals surface area contributed by atoms with Crippen LogP contribution in [0.4, 0.5) is 5.69 Å². The van der Waals surface area contributed by atoms with E-state index in [0.29, 0.717) is 30.3 Å². The van der Waals surface area contributed by atoms with Crippen molar-refractivity contribution in [3.8, 4) is 17.2 Å². The highest BCUT2D eigenvalue weighted by Gasteiger charge is 2.19. The highest BCUT2D eigenvalue weighted by Crippen LogP contribution is 2.33. The Morgan fingerprint density at radius 2 is 1.74 bits per heavy atom. The Morgan fingerprint density at radius 1 is 1.00 bits per heavy atom. The van der Waals surface area contributed by atoms with Gasteiger partial charge in [0.15, 0.2) is 5.75 Å². The number of carbonyl (C=O) groups excluding carboxylic acids is 1. The van der Waals surface area contributed by atoms with Gasteiger partial charge in [-0.1, -0.05) is 36.4 Å². The lowest BCUT2D eigenvalue weighted by atomic mass is 10.1. The van der Waals surface area contributed by atoms with Gasteiger partial charge in [0, 0.05) is 24.8 Å². The summed E-state index contributed by atoms with van der Waals surface area (Å²) >= 11 is 0. The Hall–Kier alpha value is -3.34. The summed E-state index contributed by atoms with van der Waals surface area (Å²) in [6.07, 6.45) is 3.29. The molecule has 0 fully saturated rings. The molecule has 1 amide bonds. The summed E-state index contributed by atoms with van der Waals surface area (Å²) in [6, 6.07) is 18.9. The van der Waals surface area contributed by atoms with Crippen LogP contribution in [0.25, 0.3) is 0 Å². The van der Waals surface area contributed by atoms with Gasteiger partial charge in [-0.3, -0.25) is 9.78 Å². The standard InChI is InChI=1S/C22H22N2O3/c1-3-26-21-12-8-7-9-18(21)16-24(17(2)25)20-15-23-14-13-22(20)27-19-10-5-4-6-11-19/h4-15H,3,16H2,1-2H3. The van der Waals surface area contributed by atoms with Gasteiger partial charge in [-0.2, -0.15) is 0 Å². The highest BCUT2D eigenvalue weighted by atomic mass is 16.5. The second-order valence-corrected chi connectivity index (χ2v) is 5.90. The number of anilines is 1. The zero-order valence-electron chi connectivity index (χ0n) is 15.5. The lowest BCUT2D eigenvalue weighted by Gasteiger charge is -2.24. The second kappa shape index (κ2) is 8.85. The molecule has 0 saturated carbocycles. The summed E-state index contributed by atoms with van der Waals surface area (Å²) in [7, 11) is 0. The van der Waals surface area contributed by atoms with Crippen LogP contribution >= 0.6 is 0 Å². The molecule has 0 radical (unpaired) electrons. The van der Waals surface area contributed by atoms with E-state index in [4.69, 9.17) is 9.47 Å². The number of carbonyl (C=O) groups is 1. The summed E-state index contributed by atoms with van der Waals surface area (Å²) in [5, 5.41) is 0. The fraction of sp³-hybridized carbons (Fsp3) is 0.182. The minimum absolute atomic E-state index is 0.104. The van der Waals surface area contributed by atoms with E-state index < -0.39 is 0 Å². The van der Waals surface area contributed by atoms with Crippen LogP contribution in [0, 0.1) is 0 Å². The molecule has 0 aliphatic carbocycles. The minimum atomic E-state index is -0.104. The van der Waals surface area contributed by atoms with Gasteiger partial charge in [0.25, 0.3) is 0 Å². The number of nitrogens with zero attached hydrogens (tertiary/aromatic N) is 2. The summed E-state index contributed by atoms with van der Waals surface area (Å²) in [4.78, 5) is 18.3. The van der Waals surface area contributed by atoms with Crippen LogP contribution < -0.4 is 14.4 Å². The number of hydrogen-bond acceptors (Lipinski definition) is 4. The first-order chi connectivity index (χ1) is 13.2. The van der Waals surface area contributed by atoms with E-state index in [9.17, 15) is 4.79 Å². The summed E-state index contributed by atoms with van der Waals surface area (Å²) in [5.41, 5.74) is 1.53. The van der Waals surface area contributed by atoms with Crippen molar-refractivity contribution < 1.29 is 14.3 Å². The van der Waals surface area contributed by atoms with Gasteiger partial charge in [-0.25, -0.2) is 0 Å². The average Bonchev–Trinajstić information content (AvgIpc) is 2.69. The molecule has 27 heavy (non-hydrogen) atoms. The molecule has 2 aromatic carbocycles. The van der Waals surface area contributed by atoms with Crippen molar-refractivity contribution in [3.63, 3.8) is 0 Å². The number of hydrogen-bond donors (Lipinski definition) is 0. The molecular formula is C22H22N2O3. The number of pyridine rings is 1. The number of amides is 1. The fourth-order valence-electron chi connectivity index (χ4n) is 2.75. The average molecular weight is 362 g/mol. The molecule has 0 aliphatic rings. The lowest BCUT2D eigenvalue weighted by molar-refractivity contribution is -0.116. The number of para-hydroxylation sites is 2. The van der Waals surface area contributed by atoms with Crippen LogP contribution in [0.15, 0.2) is 73.1 Å². The first-order valence-electron chi connectivity index (χ1n) is 8.84. The van der Waals surface area contributed by atoms with Gasteiger partial charge < -0.3 is 14.4 Å². The molecule has 0 spiro atoms. The van der Waals surface area contributed by atoms with E-state index in [0.717, 1.165) is 11.3 Å². The first-order valence-corrected chi connectivity index (χ1v) is 8.84. The van der Waals surface area contributed by atoms with Gasteiger partial charge in [0.05, 0.1) is 19.3 Å². The largest absolute Gasteiger partial charge is 0.494 e. The Balaban J connectivity index is 1.93. The Kier molecular flexibility index (Phi) is 6.05. The molecule has 0 atom stereocenters. The molecule has 0 unspecified atom stereocenters. The molecule has 0 saturated heterocycles. The molecule has 0 aliphatic heterocycles.